The van der Waals surface area contributed by atoms with Crippen LogP contribution in [0.5, 0.6) is 11.5 Å². The zero-order chi connectivity index (χ0) is 16.4. The average Bonchev–Trinajstić information content (AvgIpc) is 2.60. The van der Waals surface area contributed by atoms with Gasteiger partial charge in [0.25, 0.3) is 5.91 Å². The number of hydrogen-bond donors (Lipinski definition) is 2. The number of aliphatic hydroxyl groups excluding tert-OH is 1. The highest BCUT2D eigenvalue weighted by molar-refractivity contribution is 5.82. The molecule has 2 unspecified atom stereocenters. The Balaban J connectivity index is 1.88. The standard InChI is InChI=1S/C16H22N2O5/c1-21-12-3-4-13(22-2)15-10(12)8-18(9-11(15)19)16(20)14-7-17-5-6-23-14/h3-4,11,14,17,19H,5-9H2,1-2H3. The van der Waals surface area contributed by atoms with E-state index in [1.807, 2.05) is 0 Å². The lowest BCUT2D eigenvalue weighted by atomic mass is 9.94. The van der Waals surface area contributed by atoms with Crippen LogP contribution in [0.1, 0.15) is 17.2 Å². The summed E-state index contributed by atoms with van der Waals surface area (Å²) in [6.45, 7) is 2.34. The normalized spacial score (nSPS) is 24.0. The van der Waals surface area contributed by atoms with Gasteiger partial charge in [0.05, 0.1) is 33.9 Å². The van der Waals surface area contributed by atoms with E-state index in [-0.39, 0.29) is 12.5 Å². The van der Waals surface area contributed by atoms with Crippen molar-refractivity contribution in [3.05, 3.63) is 23.3 Å². The van der Waals surface area contributed by atoms with Gasteiger partial charge in [0, 0.05) is 24.2 Å². The first kappa shape index (κ1) is 16.0. The van der Waals surface area contributed by atoms with Gasteiger partial charge >= 0.3 is 0 Å². The molecule has 0 aromatic heterocycles. The van der Waals surface area contributed by atoms with Crippen LogP contribution in [0, 0.1) is 0 Å². The number of morpholine rings is 1. The lowest BCUT2D eigenvalue weighted by molar-refractivity contribution is -0.148. The molecule has 2 N–H and O–H groups in total. The molecular formula is C16H22N2O5. The van der Waals surface area contributed by atoms with Gasteiger partial charge in [-0.15, -0.1) is 0 Å². The molecule has 2 aliphatic rings. The second-order valence-electron chi connectivity index (χ2n) is 5.66. The largest absolute Gasteiger partial charge is 0.496 e. The second kappa shape index (κ2) is 6.74. The number of fused-ring (bicyclic) bond motifs is 1. The smallest absolute Gasteiger partial charge is 0.253 e. The number of rotatable bonds is 3. The molecule has 2 aliphatic heterocycles. The fourth-order valence-electron chi connectivity index (χ4n) is 3.17. The summed E-state index contributed by atoms with van der Waals surface area (Å²) in [5, 5.41) is 13.7. The summed E-state index contributed by atoms with van der Waals surface area (Å²) >= 11 is 0. The number of benzene rings is 1. The monoisotopic (exact) mass is 322 g/mol. The van der Waals surface area contributed by atoms with Crippen LogP contribution >= 0.6 is 0 Å². The van der Waals surface area contributed by atoms with Gasteiger partial charge in [-0.2, -0.15) is 0 Å². The first-order valence-corrected chi connectivity index (χ1v) is 7.68. The number of hydrogen-bond acceptors (Lipinski definition) is 6. The minimum Gasteiger partial charge on any atom is -0.496 e. The van der Waals surface area contributed by atoms with E-state index in [0.717, 1.165) is 12.1 Å². The zero-order valence-corrected chi connectivity index (χ0v) is 13.4. The van der Waals surface area contributed by atoms with Crippen molar-refractivity contribution < 1.29 is 24.1 Å². The first-order chi connectivity index (χ1) is 11.2. The van der Waals surface area contributed by atoms with Gasteiger partial charge in [-0.25, -0.2) is 0 Å². The Hall–Kier alpha value is -1.83. The molecule has 7 nitrogen and oxygen atoms in total. The first-order valence-electron chi connectivity index (χ1n) is 7.68. The topological polar surface area (TPSA) is 80.3 Å². The Morgan fingerprint density at radius 1 is 1.35 bits per heavy atom. The van der Waals surface area contributed by atoms with E-state index >= 15 is 0 Å². The van der Waals surface area contributed by atoms with Crippen LogP contribution in [0.3, 0.4) is 0 Å². The third-order valence-corrected chi connectivity index (χ3v) is 4.30. The van der Waals surface area contributed by atoms with E-state index in [1.54, 1.807) is 31.3 Å². The van der Waals surface area contributed by atoms with E-state index in [2.05, 4.69) is 5.32 Å². The second-order valence-corrected chi connectivity index (χ2v) is 5.66. The van der Waals surface area contributed by atoms with E-state index in [9.17, 15) is 9.90 Å². The van der Waals surface area contributed by atoms with Gasteiger partial charge in [-0.3, -0.25) is 4.79 Å². The Labute approximate surface area is 135 Å². The van der Waals surface area contributed by atoms with Crippen LogP contribution in [0.25, 0.3) is 0 Å². The third kappa shape index (κ3) is 2.99. The third-order valence-electron chi connectivity index (χ3n) is 4.30. The number of nitrogens with one attached hydrogen (secondary N) is 1. The van der Waals surface area contributed by atoms with Crippen LogP contribution in [0.2, 0.25) is 0 Å². The Bertz CT molecular complexity index is 586. The van der Waals surface area contributed by atoms with E-state index in [4.69, 9.17) is 14.2 Å². The van der Waals surface area contributed by atoms with Crippen molar-refractivity contribution in [1.82, 2.24) is 10.2 Å². The van der Waals surface area contributed by atoms with E-state index < -0.39 is 12.2 Å². The Kier molecular flexibility index (Phi) is 4.70. The fraction of sp³-hybridized carbons (Fsp3) is 0.562. The van der Waals surface area contributed by atoms with Gasteiger partial charge in [0.1, 0.15) is 23.7 Å². The van der Waals surface area contributed by atoms with Gasteiger partial charge in [-0.1, -0.05) is 0 Å². The molecule has 1 amide bonds. The Morgan fingerprint density at radius 2 is 2.09 bits per heavy atom. The molecular weight excluding hydrogens is 300 g/mol. The molecule has 1 aromatic carbocycles. The van der Waals surface area contributed by atoms with Crippen molar-refractivity contribution in [2.45, 2.75) is 18.8 Å². The van der Waals surface area contributed by atoms with Crippen molar-refractivity contribution in [1.29, 1.82) is 0 Å². The van der Waals surface area contributed by atoms with Crippen molar-refractivity contribution in [2.75, 3.05) is 40.5 Å². The van der Waals surface area contributed by atoms with Crippen LogP contribution in [-0.2, 0) is 16.1 Å². The summed E-state index contributed by atoms with van der Waals surface area (Å²) in [6, 6.07) is 3.56. The van der Waals surface area contributed by atoms with E-state index in [0.29, 0.717) is 36.8 Å². The van der Waals surface area contributed by atoms with Crippen molar-refractivity contribution in [3.8, 4) is 11.5 Å². The van der Waals surface area contributed by atoms with Gasteiger partial charge < -0.3 is 29.5 Å². The summed E-state index contributed by atoms with van der Waals surface area (Å²) in [5.41, 5.74) is 1.47. The number of amides is 1. The number of carbonyl (C=O) groups excluding carboxylic acids is 1. The molecule has 1 saturated heterocycles. The summed E-state index contributed by atoms with van der Waals surface area (Å²) in [5.74, 6) is 1.13. The highest BCUT2D eigenvalue weighted by Crippen LogP contribution is 2.39. The van der Waals surface area contributed by atoms with Gasteiger partial charge in [-0.05, 0) is 12.1 Å². The molecule has 23 heavy (non-hydrogen) atoms. The zero-order valence-electron chi connectivity index (χ0n) is 13.4. The highest BCUT2D eigenvalue weighted by Gasteiger charge is 2.35. The summed E-state index contributed by atoms with van der Waals surface area (Å²) in [4.78, 5) is 14.3. The predicted molar refractivity (Wildman–Crippen MR) is 82.5 cm³/mol. The quantitative estimate of drug-likeness (QED) is 0.820. The molecule has 2 atom stereocenters. The maximum atomic E-state index is 12.6. The van der Waals surface area contributed by atoms with Crippen LogP contribution in [0.4, 0.5) is 0 Å². The lowest BCUT2D eigenvalue weighted by Crippen LogP contribution is -2.51. The average molecular weight is 322 g/mol. The molecule has 0 saturated carbocycles. The summed E-state index contributed by atoms with van der Waals surface area (Å²) < 4.78 is 16.3. The number of nitrogens with zero attached hydrogens (tertiary/aromatic N) is 1. The van der Waals surface area contributed by atoms with Gasteiger partial charge in [0.15, 0.2) is 0 Å². The van der Waals surface area contributed by atoms with Gasteiger partial charge in [0.2, 0.25) is 0 Å². The Morgan fingerprint density at radius 3 is 2.74 bits per heavy atom. The number of aliphatic hydroxyl groups is 1. The number of β-amino-alcohol motifs (C(OH)–C–C–N with tert-alkyl or cyclic N) is 1. The highest BCUT2D eigenvalue weighted by atomic mass is 16.5. The molecule has 0 radical (unpaired) electrons. The summed E-state index contributed by atoms with van der Waals surface area (Å²) in [7, 11) is 3.14. The van der Waals surface area contributed by atoms with Crippen molar-refractivity contribution in [2.24, 2.45) is 0 Å². The van der Waals surface area contributed by atoms with Crippen molar-refractivity contribution >= 4 is 5.91 Å². The molecule has 0 aliphatic carbocycles. The minimum absolute atomic E-state index is 0.119. The molecule has 0 spiro atoms. The fourth-order valence-corrected chi connectivity index (χ4v) is 3.17. The predicted octanol–water partition coefficient (Wildman–Crippen LogP) is 0.0678. The molecule has 3 rings (SSSR count). The lowest BCUT2D eigenvalue weighted by Gasteiger charge is -2.36. The molecule has 1 fully saturated rings. The number of ether oxygens (including phenoxy) is 3. The molecule has 2 heterocycles. The van der Waals surface area contributed by atoms with Crippen LogP contribution in [-0.4, -0.2) is 62.5 Å². The van der Waals surface area contributed by atoms with Crippen LogP contribution < -0.4 is 14.8 Å². The SMILES string of the molecule is COc1ccc(OC)c2c1CN(C(=O)C1CNCCO1)CC2O. The summed E-state index contributed by atoms with van der Waals surface area (Å²) in [6.07, 6.45) is -1.32. The molecule has 0 bridgehead atoms. The minimum atomic E-state index is -0.815. The number of methoxy groups -OCH3 is 2. The maximum absolute atomic E-state index is 12.6. The number of carbonyl (C=O) groups is 1. The van der Waals surface area contributed by atoms with E-state index in [1.165, 1.54) is 0 Å². The maximum Gasteiger partial charge on any atom is 0.253 e. The van der Waals surface area contributed by atoms with Crippen LogP contribution in [0.15, 0.2) is 12.1 Å². The molecule has 7 heteroatoms. The molecule has 126 valence electrons. The molecule has 1 aromatic rings. The van der Waals surface area contributed by atoms with Crippen molar-refractivity contribution in [3.63, 3.8) is 0 Å².